The Kier molecular flexibility index (Phi) is 2.10. The van der Waals surface area contributed by atoms with E-state index in [0.717, 1.165) is 0 Å². The molecule has 0 aromatic carbocycles. The Balaban J connectivity index is 2.99. The summed E-state index contributed by atoms with van der Waals surface area (Å²) in [6, 6.07) is 0. The second kappa shape index (κ2) is 2.43. The monoisotopic (exact) mass is 94.0 g/mol. The Morgan fingerprint density at radius 1 is 1.33 bits per heavy atom. The standard InChI is InChI=1S/CH2O5/c2-1(5-3)6-4/h3-4H. The Morgan fingerprint density at radius 2 is 1.67 bits per heavy atom. The predicted octanol–water partition coefficient (Wildman–Crippen LogP) is 0.0856. The summed E-state index contributed by atoms with van der Waals surface area (Å²) in [5, 5.41) is 14.4. The molecule has 5 nitrogen and oxygen atoms in total. The van der Waals surface area contributed by atoms with Gasteiger partial charge in [-0.3, -0.25) is 9.78 Å². The van der Waals surface area contributed by atoms with Crippen LogP contribution >= 0.6 is 0 Å². The summed E-state index contributed by atoms with van der Waals surface area (Å²) in [4.78, 5) is 14.8. The van der Waals surface area contributed by atoms with Crippen LogP contribution in [0.3, 0.4) is 0 Å². The van der Waals surface area contributed by atoms with Gasteiger partial charge in [-0.25, -0.2) is 0 Å². The lowest BCUT2D eigenvalue weighted by atomic mass is 11.4. The normalized spacial score (nSPS) is 7.00. The number of hydrogen-bond acceptors (Lipinski definition) is 5. The molecule has 0 aromatic heterocycles. The molecule has 0 aliphatic rings. The van der Waals surface area contributed by atoms with Crippen molar-refractivity contribution in [1.29, 1.82) is 0 Å². The molecule has 0 heterocycles. The molecule has 5 heteroatoms. The van der Waals surface area contributed by atoms with Gasteiger partial charge in [0.15, 0.2) is 0 Å². The molecule has 0 unspecified atom stereocenters. The summed E-state index contributed by atoms with van der Waals surface area (Å²) in [5.41, 5.74) is 0. The average Bonchev–Trinajstić information content (AvgIpc) is 1.65. The number of rotatable bonds is 0. The van der Waals surface area contributed by atoms with E-state index < -0.39 is 6.16 Å². The quantitative estimate of drug-likeness (QED) is 0.328. The van der Waals surface area contributed by atoms with Gasteiger partial charge in [-0.05, 0) is 0 Å². The highest BCUT2D eigenvalue weighted by atomic mass is 17.2. The first-order valence-corrected chi connectivity index (χ1v) is 0.978. The molecule has 0 spiro atoms. The van der Waals surface area contributed by atoms with E-state index in [0.29, 0.717) is 0 Å². The summed E-state index contributed by atoms with van der Waals surface area (Å²) >= 11 is 0. The Morgan fingerprint density at radius 3 is 1.67 bits per heavy atom. The van der Waals surface area contributed by atoms with Crippen LogP contribution < -0.4 is 0 Å². The van der Waals surface area contributed by atoms with Gasteiger partial charge in [0.1, 0.15) is 0 Å². The maximum atomic E-state index is 9.24. The van der Waals surface area contributed by atoms with Crippen molar-refractivity contribution in [2.75, 3.05) is 0 Å². The van der Waals surface area contributed by atoms with Gasteiger partial charge in [0.05, 0.1) is 0 Å². The van der Waals surface area contributed by atoms with Crippen LogP contribution in [-0.4, -0.2) is 16.7 Å². The molecular formula is CH2O5. The van der Waals surface area contributed by atoms with E-state index >= 15 is 0 Å². The third kappa shape index (κ3) is 1.50. The molecule has 0 fully saturated rings. The van der Waals surface area contributed by atoms with Crippen LogP contribution in [0.25, 0.3) is 0 Å². The number of carbonyl (C=O) groups excluding carboxylic acids is 1. The SMILES string of the molecule is O=C(OO)OO. The third-order valence-corrected chi connectivity index (χ3v) is 0.149. The Bertz CT molecular complexity index is 41.9. The lowest BCUT2D eigenvalue weighted by Gasteiger charge is -1.83. The zero-order chi connectivity index (χ0) is 4.99. The minimum absolute atomic E-state index is 1.55. The summed E-state index contributed by atoms with van der Waals surface area (Å²) in [6.07, 6.45) is -1.55. The maximum Gasteiger partial charge on any atom is 0.572 e. The third-order valence-electron chi connectivity index (χ3n) is 0.149. The van der Waals surface area contributed by atoms with Gasteiger partial charge in [-0.15, -0.1) is 0 Å². The van der Waals surface area contributed by atoms with Crippen molar-refractivity contribution in [2.45, 2.75) is 0 Å². The van der Waals surface area contributed by atoms with Gasteiger partial charge in [0, 0.05) is 0 Å². The molecule has 0 saturated carbocycles. The molecule has 0 amide bonds. The van der Waals surface area contributed by atoms with Crippen LogP contribution in [0.4, 0.5) is 4.79 Å². The summed E-state index contributed by atoms with van der Waals surface area (Å²) in [6.45, 7) is 0. The topological polar surface area (TPSA) is 76.0 Å². The van der Waals surface area contributed by atoms with Crippen molar-refractivity contribution in [2.24, 2.45) is 0 Å². The second-order valence-corrected chi connectivity index (χ2v) is 0.433. The molecule has 0 aromatic rings. The van der Waals surface area contributed by atoms with E-state index in [9.17, 15) is 4.79 Å². The second-order valence-electron chi connectivity index (χ2n) is 0.433. The van der Waals surface area contributed by atoms with Crippen LogP contribution in [0.1, 0.15) is 0 Å². The van der Waals surface area contributed by atoms with Crippen molar-refractivity contribution >= 4 is 6.16 Å². The highest BCUT2D eigenvalue weighted by Gasteiger charge is 1.95. The molecule has 2 N–H and O–H groups in total. The van der Waals surface area contributed by atoms with Crippen LogP contribution in [-0.2, 0) is 9.78 Å². The van der Waals surface area contributed by atoms with E-state index in [2.05, 4.69) is 9.78 Å². The van der Waals surface area contributed by atoms with Crippen molar-refractivity contribution in [3.8, 4) is 0 Å². The Hall–Kier alpha value is -0.810. The van der Waals surface area contributed by atoms with E-state index in [1.54, 1.807) is 0 Å². The largest absolute Gasteiger partial charge is 0.572 e. The van der Waals surface area contributed by atoms with E-state index in [4.69, 9.17) is 10.5 Å². The lowest BCUT2D eigenvalue weighted by molar-refractivity contribution is -0.270. The van der Waals surface area contributed by atoms with Gasteiger partial charge in [-0.2, -0.15) is 15.3 Å². The van der Waals surface area contributed by atoms with E-state index in [-0.39, 0.29) is 0 Å². The number of carbonyl (C=O) groups is 1. The molecule has 0 bridgehead atoms. The first kappa shape index (κ1) is 5.19. The molecule has 0 aliphatic heterocycles. The first-order valence-electron chi connectivity index (χ1n) is 0.978. The summed E-state index contributed by atoms with van der Waals surface area (Å²) in [7, 11) is 0. The molecule has 0 saturated heterocycles. The van der Waals surface area contributed by atoms with Crippen molar-refractivity contribution in [3.63, 3.8) is 0 Å². The minimum atomic E-state index is -1.55. The molecule has 36 valence electrons. The molecule has 0 atom stereocenters. The fraction of sp³-hybridized carbons (Fsp3) is 0. The lowest BCUT2D eigenvalue weighted by Crippen LogP contribution is -1.99. The van der Waals surface area contributed by atoms with Crippen LogP contribution in [0, 0.1) is 0 Å². The van der Waals surface area contributed by atoms with Gasteiger partial charge < -0.3 is 0 Å². The smallest absolute Gasteiger partial charge is 0.260 e. The average molecular weight is 94.0 g/mol. The zero-order valence-corrected chi connectivity index (χ0v) is 2.62. The fourth-order valence-corrected chi connectivity index (χ4v) is 0.0167. The maximum absolute atomic E-state index is 9.24. The summed E-state index contributed by atoms with van der Waals surface area (Å²) < 4.78 is 0. The zero-order valence-electron chi connectivity index (χ0n) is 2.62. The van der Waals surface area contributed by atoms with Crippen molar-refractivity contribution in [3.05, 3.63) is 0 Å². The molecule has 0 aliphatic carbocycles. The van der Waals surface area contributed by atoms with Gasteiger partial charge in [-0.1, -0.05) is 0 Å². The molecule has 0 radical (unpaired) electrons. The molecule has 6 heavy (non-hydrogen) atoms. The summed E-state index contributed by atoms with van der Waals surface area (Å²) in [5.74, 6) is 0. The molecular weight excluding hydrogens is 92.0 g/mol. The van der Waals surface area contributed by atoms with Crippen molar-refractivity contribution in [1.82, 2.24) is 0 Å². The van der Waals surface area contributed by atoms with Crippen LogP contribution in [0.15, 0.2) is 0 Å². The highest BCUT2D eigenvalue weighted by molar-refractivity contribution is 5.57. The van der Waals surface area contributed by atoms with Crippen molar-refractivity contribution < 1.29 is 25.1 Å². The van der Waals surface area contributed by atoms with Gasteiger partial charge in [0.25, 0.3) is 0 Å². The van der Waals surface area contributed by atoms with Gasteiger partial charge in [0.2, 0.25) is 0 Å². The van der Waals surface area contributed by atoms with Crippen LogP contribution in [0.2, 0.25) is 0 Å². The van der Waals surface area contributed by atoms with E-state index in [1.807, 2.05) is 0 Å². The number of hydrogen-bond donors (Lipinski definition) is 2. The Labute approximate surface area is 32.6 Å². The fourth-order valence-electron chi connectivity index (χ4n) is 0.0167. The van der Waals surface area contributed by atoms with Crippen LogP contribution in [0.5, 0.6) is 0 Å². The van der Waals surface area contributed by atoms with Gasteiger partial charge >= 0.3 is 6.16 Å². The highest BCUT2D eigenvalue weighted by Crippen LogP contribution is 1.71. The molecule has 0 rings (SSSR count). The minimum Gasteiger partial charge on any atom is -0.260 e. The van der Waals surface area contributed by atoms with E-state index in [1.165, 1.54) is 0 Å². The first-order chi connectivity index (χ1) is 2.81. The predicted molar refractivity (Wildman–Crippen MR) is 12.8 cm³/mol.